The van der Waals surface area contributed by atoms with E-state index in [1.165, 1.54) is 0 Å². The molecule has 0 saturated carbocycles. The van der Waals surface area contributed by atoms with Gasteiger partial charge in [0.2, 0.25) is 11.8 Å². The van der Waals surface area contributed by atoms with E-state index in [1.807, 2.05) is 12.1 Å². The van der Waals surface area contributed by atoms with Crippen molar-refractivity contribution in [2.24, 2.45) is 5.73 Å². The van der Waals surface area contributed by atoms with Crippen molar-refractivity contribution in [2.75, 3.05) is 11.9 Å². The van der Waals surface area contributed by atoms with E-state index in [9.17, 15) is 4.79 Å². The monoisotopic (exact) mass is 257 g/mol. The number of carbonyl (C=O) groups is 1. The lowest BCUT2D eigenvalue weighted by Crippen LogP contribution is -2.30. The van der Waals surface area contributed by atoms with Crippen LogP contribution in [-0.4, -0.2) is 17.9 Å². The van der Waals surface area contributed by atoms with Crippen molar-refractivity contribution in [1.82, 2.24) is 4.98 Å². The molecule has 1 amide bonds. The molecule has 5 heteroatoms. The maximum Gasteiger partial charge on any atom is 0.227 e. The molecule has 1 aromatic heterocycles. The molecule has 19 heavy (non-hydrogen) atoms. The molecular weight excluding hydrogens is 242 g/mol. The summed E-state index contributed by atoms with van der Waals surface area (Å²) >= 11 is 0. The number of amides is 1. The van der Waals surface area contributed by atoms with Gasteiger partial charge in [-0.3, -0.25) is 4.79 Å². The fourth-order valence-corrected chi connectivity index (χ4v) is 2.35. The van der Waals surface area contributed by atoms with Crippen molar-refractivity contribution in [3.05, 3.63) is 35.9 Å². The van der Waals surface area contributed by atoms with Gasteiger partial charge in [-0.05, 0) is 30.2 Å². The van der Waals surface area contributed by atoms with E-state index in [2.05, 4.69) is 11.1 Å². The first kappa shape index (κ1) is 11.9. The van der Waals surface area contributed by atoms with Gasteiger partial charge in [0.15, 0.2) is 5.76 Å². The van der Waals surface area contributed by atoms with Gasteiger partial charge in [0.25, 0.3) is 0 Å². The van der Waals surface area contributed by atoms with Gasteiger partial charge >= 0.3 is 0 Å². The van der Waals surface area contributed by atoms with Crippen molar-refractivity contribution in [3.63, 3.8) is 0 Å². The van der Waals surface area contributed by atoms with Crippen LogP contribution in [0.3, 0.4) is 0 Å². The normalized spacial score (nSPS) is 14.6. The molecule has 1 aliphatic heterocycles. The molecule has 0 unspecified atom stereocenters. The maximum atomic E-state index is 11.6. The minimum absolute atomic E-state index is 0.158. The summed E-state index contributed by atoms with van der Waals surface area (Å²) in [5, 5.41) is 0. The molecule has 0 saturated heterocycles. The minimum atomic E-state index is 0.158. The van der Waals surface area contributed by atoms with Gasteiger partial charge in [-0.25, -0.2) is 4.98 Å². The van der Waals surface area contributed by atoms with Crippen molar-refractivity contribution in [2.45, 2.75) is 19.4 Å². The molecule has 2 heterocycles. The Kier molecular flexibility index (Phi) is 2.83. The summed E-state index contributed by atoms with van der Waals surface area (Å²) in [6, 6.07) is 5.94. The van der Waals surface area contributed by atoms with Crippen molar-refractivity contribution >= 4 is 11.6 Å². The second kappa shape index (κ2) is 4.51. The van der Waals surface area contributed by atoms with E-state index < -0.39 is 0 Å². The van der Waals surface area contributed by atoms with E-state index in [4.69, 9.17) is 10.2 Å². The van der Waals surface area contributed by atoms with Gasteiger partial charge in [0.05, 0.1) is 12.7 Å². The van der Waals surface area contributed by atoms with Crippen LogP contribution in [0.2, 0.25) is 0 Å². The van der Waals surface area contributed by atoms with E-state index in [0.29, 0.717) is 24.6 Å². The SMILES string of the molecule is CN1C(=O)CCc2cc(-c3cnc(CN)o3)ccc21. The van der Waals surface area contributed by atoms with Crippen LogP contribution in [0.25, 0.3) is 11.3 Å². The molecule has 98 valence electrons. The van der Waals surface area contributed by atoms with E-state index in [0.717, 1.165) is 23.2 Å². The molecule has 0 atom stereocenters. The lowest BCUT2D eigenvalue weighted by Gasteiger charge is -2.25. The predicted octanol–water partition coefficient (Wildman–Crippen LogP) is 1.71. The van der Waals surface area contributed by atoms with Gasteiger partial charge in [-0.15, -0.1) is 0 Å². The number of anilines is 1. The van der Waals surface area contributed by atoms with Crippen LogP contribution in [0.1, 0.15) is 17.9 Å². The average molecular weight is 257 g/mol. The van der Waals surface area contributed by atoms with Crippen molar-refractivity contribution in [1.29, 1.82) is 0 Å². The third-order valence-corrected chi connectivity index (χ3v) is 3.44. The van der Waals surface area contributed by atoms with Crippen LogP contribution in [0.4, 0.5) is 5.69 Å². The highest BCUT2D eigenvalue weighted by atomic mass is 16.4. The number of oxazole rings is 1. The van der Waals surface area contributed by atoms with E-state index >= 15 is 0 Å². The van der Waals surface area contributed by atoms with Gasteiger partial charge in [0, 0.05) is 24.7 Å². The van der Waals surface area contributed by atoms with Crippen LogP contribution in [0, 0.1) is 0 Å². The molecule has 0 bridgehead atoms. The summed E-state index contributed by atoms with van der Waals surface area (Å²) in [5.41, 5.74) is 8.58. The van der Waals surface area contributed by atoms with Crippen LogP contribution in [-0.2, 0) is 17.8 Å². The van der Waals surface area contributed by atoms with Crippen molar-refractivity contribution < 1.29 is 9.21 Å². The number of hydrogen-bond acceptors (Lipinski definition) is 4. The first-order valence-corrected chi connectivity index (χ1v) is 6.23. The zero-order chi connectivity index (χ0) is 13.4. The van der Waals surface area contributed by atoms with Crippen LogP contribution in [0.5, 0.6) is 0 Å². The molecular formula is C14H15N3O2. The second-order valence-corrected chi connectivity index (χ2v) is 4.62. The Morgan fingerprint density at radius 1 is 1.42 bits per heavy atom. The number of aromatic nitrogens is 1. The van der Waals surface area contributed by atoms with Gasteiger partial charge in [-0.2, -0.15) is 0 Å². The second-order valence-electron chi connectivity index (χ2n) is 4.62. The Morgan fingerprint density at radius 3 is 3.00 bits per heavy atom. The summed E-state index contributed by atoms with van der Waals surface area (Å²) < 4.78 is 5.54. The highest BCUT2D eigenvalue weighted by molar-refractivity contribution is 5.96. The van der Waals surface area contributed by atoms with Crippen molar-refractivity contribution in [3.8, 4) is 11.3 Å². The number of rotatable bonds is 2. The number of fused-ring (bicyclic) bond motifs is 1. The molecule has 0 fully saturated rings. The third kappa shape index (κ3) is 2.02. The first-order chi connectivity index (χ1) is 9.19. The molecule has 0 aliphatic carbocycles. The summed E-state index contributed by atoms with van der Waals surface area (Å²) in [6.45, 7) is 0.294. The smallest absolute Gasteiger partial charge is 0.227 e. The number of hydrogen-bond donors (Lipinski definition) is 1. The Bertz CT molecular complexity index is 633. The summed E-state index contributed by atoms with van der Waals surface area (Å²) in [5.74, 6) is 1.40. The van der Waals surface area contributed by atoms with E-state index in [1.54, 1.807) is 18.1 Å². The number of nitrogens with two attached hydrogens (primary N) is 1. The Balaban J connectivity index is 1.99. The third-order valence-electron chi connectivity index (χ3n) is 3.44. The Morgan fingerprint density at radius 2 is 2.26 bits per heavy atom. The summed E-state index contributed by atoms with van der Waals surface area (Å²) in [4.78, 5) is 17.4. The Hall–Kier alpha value is -2.14. The molecule has 3 rings (SSSR count). The molecule has 0 radical (unpaired) electrons. The maximum absolute atomic E-state index is 11.6. The van der Waals surface area contributed by atoms with Gasteiger partial charge < -0.3 is 15.1 Å². The molecule has 5 nitrogen and oxygen atoms in total. The first-order valence-electron chi connectivity index (χ1n) is 6.23. The van der Waals surface area contributed by atoms with Crippen LogP contribution >= 0.6 is 0 Å². The van der Waals surface area contributed by atoms with E-state index in [-0.39, 0.29) is 5.91 Å². The number of aryl methyl sites for hydroxylation is 1. The zero-order valence-electron chi connectivity index (χ0n) is 10.7. The van der Waals surface area contributed by atoms with Crippen LogP contribution in [0.15, 0.2) is 28.8 Å². The largest absolute Gasteiger partial charge is 0.439 e. The van der Waals surface area contributed by atoms with Gasteiger partial charge in [-0.1, -0.05) is 0 Å². The highest BCUT2D eigenvalue weighted by Gasteiger charge is 2.21. The lowest BCUT2D eigenvalue weighted by atomic mass is 9.98. The lowest BCUT2D eigenvalue weighted by molar-refractivity contribution is -0.118. The molecule has 2 N–H and O–H groups in total. The quantitative estimate of drug-likeness (QED) is 0.889. The fraction of sp³-hybridized carbons (Fsp3) is 0.286. The summed E-state index contributed by atoms with van der Waals surface area (Å²) in [7, 11) is 1.81. The highest BCUT2D eigenvalue weighted by Crippen LogP contribution is 2.31. The fourth-order valence-electron chi connectivity index (χ4n) is 2.35. The zero-order valence-corrected chi connectivity index (χ0v) is 10.7. The number of nitrogens with zero attached hydrogens (tertiary/aromatic N) is 2. The molecule has 0 spiro atoms. The summed E-state index contributed by atoms with van der Waals surface area (Å²) in [6.07, 6.45) is 3.00. The number of benzene rings is 1. The molecule has 2 aromatic rings. The predicted molar refractivity (Wildman–Crippen MR) is 71.6 cm³/mol. The number of carbonyl (C=O) groups excluding carboxylic acids is 1. The topological polar surface area (TPSA) is 72.4 Å². The standard InChI is InChI=1S/C14H15N3O2/c1-17-11-4-2-10(6-9(11)3-5-14(17)18)12-8-16-13(7-15)19-12/h2,4,6,8H,3,5,7,15H2,1H3. The minimum Gasteiger partial charge on any atom is -0.439 e. The average Bonchev–Trinajstić information content (AvgIpc) is 2.91. The molecule has 1 aliphatic rings. The van der Waals surface area contributed by atoms with Crippen LogP contribution < -0.4 is 10.6 Å². The molecule has 1 aromatic carbocycles. The van der Waals surface area contributed by atoms with Gasteiger partial charge in [0.1, 0.15) is 0 Å². The Labute approximate surface area is 111 Å².